The highest BCUT2D eigenvalue weighted by Gasteiger charge is 2.70. The highest BCUT2D eigenvalue weighted by Crippen LogP contribution is 2.83. The Bertz CT molecular complexity index is 7110. The minimum atomic E-state index is -5.43. The lowest BCUT2D eigenvalue weighted by molar-refractivity contribution is -0.137. The molecule has 0 aromatic heterocycles. The first-order valence-corrected chi connectivity index (χ1v) is 87.7. The normalized spacial score (nSPS) is 13.7. The second-order valence-corrected chi connectivity index (χ2v) is 95.8. The Morgan fingerprint density at radius 1 is 0.345 bits per heavy atom. The molecule has 0 unspecified atom stereocenters. The van der Waals surface area contributed by atoms with Crippen LogP contribution >= 0.6 is 72.0 Å². The first kappa shape index (κ1) is 124. The van der Waals surface area contributed by atoms with Gasteiger partial charge in [-0.3, -0.25) is 27.8 Å². The van der Waals surface area contributed by atoms with Gasteiger partial charge in [0.1, 0.15) is 0 Å². The Hall–Kier alpha value is -5.63. The molecule has 148 heavy (non-hydrogen) atoms. The quantitative estimate of drug-likeness (QED) is 0.00919. The summed E-state index contributed by atoms with van der Waals surface area (Å²) in [4.78, 5) is 58.8. The van der Waals surface area contributed by atoms with E-state index in [0.29, 0.717) is 32.1 Å². The molecule has 1 heterocycles. The van der Waals surface area contributed by atoms with Crippen molar-refractivity contribution in [3.8, 4) is 0 Å². The van der Waals surface area contributed by atoms with E-state index in [1.165, 1.54) is 126 Å². The number of aliphatic hydroxyl groups is 1. The summed E-state index contributed by atoms with van der Waals surface area (Å²) < 4.78 is 121. The van der Waals surface area contributed by atoms with Gasteiger partial charge in [-0.25, -0.2) is 4.21 Å². The van der Waals surface area contributed by atoms with Crippen LogP contribution in [0, 0.1) is 0 Å². The average molecular weight is 2330 g/mol. The van der Waals surface area contributed by atoms with Crippen LogP contribution in [0.5, 0.6) is 0 Å². The highest BCUT2D eigenvalue weighted by molar-refractivity contribution is 8.26. The molecule has 16 aromatic carbocycles. The summed E-state index contributed by atoms with van der Waals surface area (Å²) in [7, 11) is -31.1. The van der Waals surface area contributed by atoms with Crippen LogP contribution in [-0.4, -0.2) is 135 Å². The van der Waals surface area contributed by atoms with Crippen LogP contribution in [0.4, 0.5) is 0 Å². The van der Waals surface area contributed by atoms with E-state index in [0.717, 1.165) is 70.4 Å². The van der Waals surface area contributed by atoms with Crippen molar-refractivity contribution in [2.45, 2.75) is 265 Å². The van der Waals surface area contributed by atoms with E-state index in [4.69, 9.17) is 59.6 Å². The van der Waals surface area contributed by atoms with Gasteiger partial charge in [0.25, 0.3) is 18.8 Å². The van der Waals surface area contributed by atoms with Crippen molar-refractivity contribution in [3.63, 3.8) is 0 Å². The maximum atomic E-state index is 16.1. The molecule has 0 spiro atoms. The number of benzene rings is 16. The van der Waals surface area contributed by atoms with Crippen LogP contribution < -0.4 is 0 Å². The average Bonchev–Trinajstić information content (AvgIpc) is 0.762. The second kappa shape index (κ2) is 50.3. The molecule has 1 aliphatic rings. The monoisotopic (exact) mass is 2330 g/mol. The van der Waals surface area contributed by atoms with Gasteiger partial charge in [-0.15, -0.1) is 0 Å². The van der Waals surface area contributed by atoms with Crippen LogP contribution in [0.2, 0.25) is 157 Å². The molecule has 39 heteroatoms. The lowest BCUT2D eigenvalue weighted by Crippen LogP contribution is -2.50. The maximum absolute atomic E-state index is 16.1. The fourth-order valence-electron chi connectivity index (χ4n) is 18.5. The number of carbonyl (C=O) groups excluding carboxylic acids is 1. The second-order valence-electron chi connectivity index (χ2n) is 45.5. The first-order chi connectivity index (χ1) is 68.1. The smallest absolute Gasteiger partial charge is 0.369 e. The Morgan fingerprint density at radius 3 is 0.777 bits per heavy atom. The van der Waals surface area contributed by atoms with Crippen LogP contribution in [0.1, 0.15) is 93.9 Å². The van der Waals surface area contributed by atoms with Gasteiger partial charge in [0.05, 0.1) is 0 Å². The van der Waals surface area contributed by atoms with Gasteiger partial charge in [-0.1, -0.05) is 226 Å². The Labute approximate surface area is 899 Å². The largest absolute Gasteiger partial charge is 0.481 e. The SMILES string of the molecule is C.C1CCOC1.C[Si](C)(C)OC(CCCc1ccc2ccc3cccc4ccc1c2c34)(P(=O)(O[Si](C)(C)C)O[Si](C)(C)C)P(=O)(O[Si](C)(C)C)O[Si](C)(C)C.C[Si](C)(C)OP(O[Si](C)(C)C)O[Si](C)(C)C.O=C(Cl)CCCc1ccc2ccc3cccc4ccc1c2c34.O=C(O)CCCc1ccc2ccc3cccc4ccc1c2c34.O=P(O)(O)C(O)(CCCc1ccc2ccc3cccc4ccc1c2c34)P(=O)(O)O.O=S(Cl)Cl. The molecule has 802 valence electrons. The van der Waals surface area contributed by atoms with E-state index in [-0.39, 0.29) is 31.9 Å². The van der Waals surface area contributed by atoms with Gasteiger partial charge in [0.2, 0.25) is 14.5 Å². The summed E-state index contributed by atoms with van der Waals surface area (Å²) in [6.45, 7) is 51.5. The predicted molar refractivity (Wildman–Crippen MR) is 647 cm³/mol. The predicted octanol–water partition coefficient (Wildman–Crippen LogP) is 35.0. The number of carbonyl (C=O) groups is 2. The lowest BCUT2D eigenvalue weighted by atomic mass is 9.90. The van der Waals surface area contributed by atoms with Gasteiger partial charge < -0.3 is 68.4 Å². The van der Waals surface area contributed by atoms with Crippen molar-refractivity contribution < 1.29 is 100 Å². The molecule has 0 atom stereocenters. The summed E-state index contributed by atoms with van der Waals surface area (Å²) in [5.41, 5.74) is 4.59. The first-order valence-electron chi connectivity index (χ1n) is 49.9. The third kappa shape index (κ3) is 33.2. The number of aryl methyl sites for hydroxylation is 4. The van der Waals surface area contributed by atoms with Gasteiger partial charge >= 0.3 is 36.4 Å². The standard InChI is InChI=1S/C35H60O7P2Si5.C20H15ClO.C20H20O7P2.C20H16O2.C9H27O3PSi3.C4H8O.CH4.Cl2OS/c1-45(2,3)38-35(43(36,39-46(4,5)6)40-47(7,8)9,44(37,41-48(10,11)12)42-49(13,14)15)27-17-20-28-21-22-31-24-23-29-18-16-19-30-25-26-32(28)34(31)33(29)30;21-18(22)6-2-3-13-7-8-16-10-9-14-4-1-5-15-11-12-17(13)20(16)19(14)15;21-20(28(22,23)24,29(25,26)27)12-2-5-13-6-7-16-9-8-14-3-1-4-15-10-11-17(13)19(16)18(14)15;21-18(22)6-2-3-13-7-8-16-10-9-14-4-1-5-15-11-12-17(13)20(16)19(14)15;1-14(2,3)10-13(11-15(4,5)6)12-16(7,8)9;1-2-4-5-3-1;;1-4(2)3/h16,18-19,21-26H,17,20,27H2,1-15H3;1,4-5,7-12H,2-3,6H2;1,3-4,6-11,21H,2,5,12H2,(H2,22,23,24)(H2,25,26,27);1,4-5,7-12H,2-3,6H2,(H,21,22);1-9H3;1-4H2;1H4;. The maximum Gasteiger partial charge on any atom is 0.369 e. The zero-order valence-corrected chi connectivity index (χ0v) is 105. The third-order valence-electron chi connectivity index (χ3n) is 23.7. The van der Waals surface area contributed by atoms with Crippen molar-refractivity contribution in [2.24, 2.45) is 0 Å². The van der Waals surface area contributed by atoms with Crippen LogP contribution in [-0.2, 0) is 101 Å². The molecular formula is C109H150Cl3O22P5SSi8. The van der Waals surface area contributed by atoms with E-state index in [1.54, 1.807) is 0 Å². The number of carboxylic acid groups (broad SMARTS) is 1. The van der Waals surface area contributed by atoms with Gasteiger partial charge in [0, 0.05) is 53.8 Å². The molecule has 0 aliphatic carbocycles. The van der Waals surface area contributed by atoms with Crippen molar-refractivity contribution in [1.82, 2.24) is 0 Å². The summed E-state index contributed by atoms with van der Waals surface area (Å²) in [5, 5.41) is 42.6. The van der Waals surface area contributed by atoms with E-state index >= 15 is 9.13 Å². The molecule has 6 N–H and O–H groups in total. The van der Waals surface area contributed by atoms with Crippen LogP contribution in [0.25, 0.3) is 129 Å². The molecule has 0 saturated carbocycles. The number of hydrogen-bond donors (Lipinski definition) is 6. The lowest BCUT2D eigenvalue weighted by Gasteiger charge is -2.50. The van der Waals surface area contributed by atoms with Gasteiger partial charge in [0.15, 0.2) is 66.5 Å². The molecule has 1 saturated heterocycles. The highest BCUT2D eigenvalue weighted by atomic mass is 36.0. The number of hydrogen-bond acceptors (Lipinski definition) is 17. The molecule has 17 rings (SSSR count). The number of rotatable bonds is 36. The summed E-state index contributed by atoms with van der Waals surface area (Å²) >= 11 is 5.45. The number of carboxylic acids is 1. The van der Waals surface area contributed by atoms with Gasteiger partial charge in [-0.05, 0) is 391 Å². The van der Waals surface area contributed by atoms with Crippen molar-refractivity contribution in [1.29, 1.82) is 0 Å². The third-order valence-corrected chi connectivity index (χ3v) is 53.9. The molecule has 1 aliphatic heterocycles. The number of halogens is 3. The minimum Gasteiger partial charge on any atom is -0.481 e. The van der Waals surface area contributed by atoms with E-state index < -0.39 is 137 Å². The van der Waals surface area contributed by atoms with Crippen LogP contribution in [0.15, 0.2) is 218 Å². The zero-order valence-electron chi connectivity index (χ0n) is 89.1. The molecule has 0 radical (unpaired) electrons. The Balaban J connectivity index is 0.000000194. The van der Waals surface area contributed by atoms with Crippen LogP contribution in [0.3, 0.4) is 0 Å². The minimum absolute atomic E-state index is 0. The molecule has 0 bridgehead atoms. The summed E-state index contributed by atoms with van der Waals surface area (Å²) in [6, 6.07) is 76.6. The van der Waals surface area contributed by atoms with Crippen molar-refractivity contribution >= 4 is 288 Å². The van der Waals surface area contributed by atoms with Crippen molar-refractivity contribution in [2.75, 3.05) is 13.2 Å². The molecular weight excluding hydrogens is 2180 g/mol. The molecule has 16 aromatic rings. The van der Waals surface area contributed by atoms with E-state index in [9.17, 15) is 43.4 Å². The van der Waals surface area contributed by atoms with E-state index in [2.05, 4.69) is 250 Å². The molecule has 22 nitrogen and oxygen atoms in total. The number of aliphatic carboxylic acids is 1. The summed E-state index contributed by atoms with van der Waals surface area (Å²) in [5.74, 6) is -0.724. The van der Waals surface area contributed by atoms with E-state index in [1.807, 2.05) is 147 Å². The fraction of sp³-hybridized carbons (Fsp3) is 0.394. The number of ether oxygens (including phenoxy) is 1. The Morgan fingerprint density at radius 2 is 0.568 bits per heavy atom. The molecule has 0 amide bonds. The van der Waals surface area contributed by atoms with Crippen molar-refractivity contribution in [3.05, 3.63) is 241 Å². The summed E-state index contributed by atoms with van der Waals surface area (Å²) in [6.07, 6.45) is 7.25. The zero-order chi connectivity index (χ0) is 109. The fourth-order valence-corrected chi connectivity index (χ4v) is 49.6. The Kier molecular flexibility index (Phi) is 42.2. The molecule has 1 fully saturated rings. The topological polar surface area (TPSA) is 324 Å². The van der Waals surface area contributed by atoms with Gasteiger partial charge in [-0.2, -0.15) is 0 Å².